The fraction of sp³-hybridized carbons (Fsp3) is 0.316. The molecule has 0 saturated carbocycles. The third-order valence-corrected chi connectivity index (χ3v) is 5.38. The quantitative estimate of drug-likeness (QED) is 0.174. The van der Waals surface area contributed by atoms with Crippen molar-refractivity contribution < 1.29 is 0 Å². The van der Waals surface area contributed by atoms with Crippen molar-refractivity contribution in [2.75, 3.05) is 0 Å². The van der Waals surface area contributed by atoms with E-state index < -0.39 is 0 Å². The van der Waals surface area contributed by atoms with Crippen LogP contribution in [0.3, 0.4) is 0 Å². The first-order valence-corrected chi connectivity index (χ1v) is 15.4. The van der Waals surface area contributed by atoms with E-state index in [9.17, 15) is 0 Å². The molecular weight excluding hydrogens is 488 g/mol. The van der Waals surface area contributed by atoms with Gasteiger partial charge in [-0.3, -0.25) is 0 Å². The van der Waals surface area contributed by atoms with Gasteiger partial charge in [0.15, 0.2) is 9.79 Å². The first-order valence-electron chi connectivity index (χ1n) is 14.5. The Morgan fingerprint density at radius 3 is 1.51 bits per heavy atom. The average molecular weight is 546 g/mol. The van der Waals surface area contributed by atoms with E-state index in [4.69, 9.17) is 0 Å². The van der Waals surface area contributed by atoms with Gasteiger partial charge in [-0.25, -0.2) is 0 Å². The van der Waals surface area contributed by atoms with Crippen LogP contribution in [-0.4, -0.2) is 0 Å². The molecule has 1 aliphatic rings. The minimum Gasteiger partial charge on any atom is -0.0683 e. The highest BCUT2D eigenvalue weighted by Gasteiger charge is 2.14. The SMILES string of the molecule is C=C1C=CC=C[CH+]1.CC.CC.CC.CC.C[C+](C)C.Cc1ccccc1-c1ccccc1[SH+]c1ccccc1. The molecule has 3 aromatic rings. The predicted octanol–water partition coefficient (Wildman–Crippen LogP) is 12.5. The second-order valence-electron chi connectivity index (χ2n) is 7.77. The Hall–Kier alpha value is -3.03. The molecule has 0 fully saturated rings. The molecule has 3 aromatic carbocycles. The Balaban J connectivity index is -0.000000565. The number of aryl methyl sites for hydroxylation is 1. The maximum atomic E-state index is 3.72. The fourth-order valence-electron chi connectivity index (χ4n) is 2.79. The fourth-order valence-corrected chi connectivity index (χ4v) is 3.87. The molecule has 0 radical (unpaired) electrons. The average Bonchev–Trinajstić information content (AvgIpc) is 2.99. The smallest absolute Gasteiger partial charge is 0.0683 e. The van der Waals surface area contributed by atoms with E-state index in [0.717, 1.165) is 5.57 Å². The first kappa shape index (κ1) is 40.5. The summed E-state index contributed by atoms with van der Waals surface area (Å²) >= 11 is 1.26. The topological polar surface area (TPSA) is 0 Å². The van der Waals surface area contributed by atoms with Crippen LogP contribution in [0.4, 0.5) is 0 Å². The maximum Gasteiger partial charge on any atom is 0.166 e. The van der Waals surface area contributed by atoms with Crippen molar-refractivity contribution in [2.45, 2.75) is 92.9 Å². The summed E-state index contributed by atoms with van der Waals surface area (Å²) in [6, 6.07) is 27.9. The van der Waals surface area contributed by atoms with Gasteiger partial charge >= 0.3 is 0 Å². The number of benzene rings is 3. The van der Waals surface area contributed by atoms with Crippen molar-refractivity contribution in [2.24, 2.45) is 0 Å². The van der Waals surface area contributed by atoms with Gasteiger partial charge in [0.05, 0.1) is 32.3 Å². The van der Waals surface area contributed by atoms with Gasteiger partial charge < -0.3 is 0 Å². The Bertz CT molecular complexity index is 991. The molecule has 0 N–H and O–H groups in total. The second kappa shape index (κ2) is 29.5. The van der Waals surface area contributed by atoms with Crippen LogP contribution in [0, 0.1) is 19.3 Å². The molecule has 0 bridgehead atoms. The minimum atomic E-state index is 1.07. The molecule has 0 aromatic heterocycles. The third kappa shape index (κ3) is 20.6. The van der Waals surface area contributed by atoms with Crippen LogP contribution in [0.15, 0.2) is 125 Å². The standard InChI is InChI=1S/C19H16S.C7H7.C4H9.4C2H6/c1-15-9-5-6-12-17(15)18-13-7-8-14-19(18)20-16-10-3-2-4-11-16;1-7-5-3-2-4-6-7;1-4(2)3;4*1-2/h2-14H,1H3;2-6H,1H2;1-3H3;4*1-2H3/q;2*+1;;;;/p+1. The van der Waals surface area contributed by atoms with Crippen molar-refractivity contribution >= 4 is 11.8 Å². The summed E-state index contributed by atoms with van der Waals surface area (Å²) in [4.78, 5) is 2.68. The molecule has 0 amide bonds. The summed E-state index contributed by atoms with van der Waals surface area (Å²) in [5.41, 5.74) is 5.05. The van der Waals surface area contributed by atoms with Gasteiger partial charge in [0.25, 0.3) is 0 Å². The van der Waals surface area contributed by atoms with Crippen molar-refractivity contribution in [3.63, 3.8) is 0 Å². The zero-order valence-electron chi connectivity index (χ0n) is 27.0. The van der Waals surface area contributed by atoms with Crippen molar-refractivity contribution in [3.05, 3.63) is 133 Å². The number of rotatable bonds is 3. The van der Waals surface area contributed by atoms with Crippen LogP contribution in [-0.2, 0) is 11.8 Å². The number of hydrogen-bond donors (Lipinski definition) is 0. The lowest BCUT2D eigenvalue weighted by molar-refractivity contribution is 1.10. The maximum absolute atomic E-state index is 3.72. The molecule has 0 unspecified atom stereocenters. The predicted molar refractivity (Wildman–Crippen MR) is 186 cm³/mol. The largest absolute Gasteiger partial charge is 0.166 e. The Morgan fingerprint density at radius 2 is 1.08 bits per heavy atom. The minimum absolute atomic E-state index is 1.07. The lowest BCUT2D eigenvalue weighted by atomic mass is 10.0. The molecule has 0 nitrogen and oxygen atoms in total. The Labute approximate surface area is 248 Å². The van der Waals surface area contributed by atoms with E-state index in [0.29, 0.717) is 0 Å². The normalized spacial score (nSPS) is 9.69. The summed E-state index contributed by atoms with van der Waals surface area (Å²) in [7, 11) is 0. The second-order valence-corrected chi connectivity index (χ2v) is 8.99. The highest BCUT2D eigenvalue weighted by Crippen LogP contribution is 2.29. The lowest BCUT2D eigenvalue weighted by Crippen LogP contribution is -1.91. The summed E-state index contributed by atoms with van der Waals surface area (Å²) in [6.07, 6.45) is 9.87. The molecular formula is C38H57S+3. The number of hydrogen-bond acceptors (Lipinski definition) is 0. The van der Waals surface area contributed by atoms with Crippen molar-refractivity contribution in [1.29, 1.82) is 0 Å². The van der Waals surface area contributed by atoms with Gasteiger partial charge in [0.1, 0.15) is 0 Å². The summed E-state index contributed by atoms with van der Waals surface area (Å²) in [5, 5.41) is 0. The molecule has 0 atom stereocenters. The van der Waals surface area contributed by atoms with Crippen molar-refractivity contribution in [1.82, 2.24) is 0 Å². The van der Waals surface area contributed by atoms with E-state index in [-0.39, 0.29) is 0 Å². The highest BCUT2D eigenvalue weighted by molar-refractivity contribution is 7.78. The molecule has 4 rings (SSSR count). The summed E-state index contributed by atoms with van der Waals surface area (Å²) < 4.78 is 0. The summed E-state index contributed by atoms with van der Waals surface area (Å²) in [6.45, 7) is 28.1. The van der Waals surface area contributed by atoms with Crippen LogP contribution in [0.25, 0.3) is 11.1 Å². The van der Waals surface area contributed by atoms with Crippen LogP contribution in [0.1, 0.15) is 81.7 Å². The van der Waals surface area contributed by atoms with E-state index in [1.54, 1.807) is 0 Å². The molecule has 39 heavy (non-hydrogen) atoms. The van der Waals surface area contributed by atoms with Gasteiger partial charge in [0.2, 0.25) is 0 Å². The van der Waals surface area contributed by atoms with Gasteiger partial charge in [-0.2, -0.15) is 0 Å². The number of allylic oxidation sites excluding steroid dienone is 5. The van der Waals surface area contributed by atoms with Gasteiger partial charge in [-0.05, 0) is 48.9 Å². The molecule has 1 heteroatoms. The van der Waals surface area contributed by atoms with E-state index in [1.807, 2.05) is 86.1 Å². The van der Waals surface area contributed by atoms with Gasteiger partial charge in [-0.15, -0.1) is 0 Å². The number of thiol groups is 1. The zero-order chi connectivity index (χ0) is 30.5. The Kier molecular flexibility index (Phi) is 30.6. The van der Waals surface area contributed by atoms with Crippen LogP contribution in [0.2, 0.25) is 0 Å². The first-order chi connectivity index (χ1) is 19.0. The van der Waals surface area contributed by atoms with Crippen LogP contribution < -0.4 is 0 Å². The molecule has 0 spiro atoms. The monoisotopic (exact) mass is 545 g/mol. The molecule has 212 valence electrons. The van der Waals surface area contributed by atoms with E-state index in [2.05, 4.69) is 113 Å². The van der Waals surface area contributed by atoms with E-state index in [1.165, 1.54) is 44.2 Å². The third-order valence-electron chi connectivity index (χ3n) is 4.19. The lowest BCUT2D eigenvalue weighted by Gasteiger charge is -2.07. The highest BCUT2D eigenvalue weighted by atomic mass is 32.2. The van der Waals surface area contributed by atoms with Crippen molar-refractivity contribution in [3.8, 4) is 11.1 Å². The van der Waals surface area contributed by atoms with Gasteiger partial charge in [-0.1, -0.05) is 110 Å². The molecule has 0 heterocycles. The van der Waals surface area contributed by atoms with E-state index >= 15 is 0 Å². The summed E-state index contributed by atoms with van der Waals surface area (Å²) in [5.74, 6) is 1.42. The van der Waals surface area contributed by atoms with Gasteiger partial charge in [0, 0.05) is 48.1 Å². The Morgan fingerprint density at radius 1 is 0.615 bits per heavy atom. The van der Waals surface area contributed by atoms with Crippen LogP contribution in [0.5, 0.6) is 0 Å². The van der Waals surface area contributed by atoms with Crippen LogP contribution >= 0.6 is 0 Å². The zero-order valence-corrected chi connectivity index (χ0v) is 27.9. The molecule has 0 aliphatic heterocycles. The molecule has 1 aliphatic carbocycles. The molecule has 0 saturated heterocycles.